The van der Waals surface area contributed by atoms with E-state index in [4.69, 9.17) is 5.73 Å². The minimum Gasteiger partial charge on any atom is -0.322 e. The maximum Gasteiger partial charge on any atom is 0.241 e. The molecule has 2 atom stereocenters. The highest BCUT2D eigenvalue weighted by Gasteiger charge is 2.20. The number of rotatable bonds is 5. The molecule has 2 rings (SSSR count). The molecule has 6 nitrogen and oxygen atoms in total. The summed E-state index contributed by atoms with van der Waals surface area (Å²) < 4.78 is 1.60. The summed E-state index contributed by atoms with van der Waals surface area (Å²) in [4.78, 5) is 16.4. The van der Waals surface area contributed by atoms with E-state index >= 15 is 0 Å². The van der Waals surface area contributed by atoms with Crippen molar-refractivity contribution in [1.82, 2.24) is 14.8 Å². The van der Waals surface area contributed by atoms with E-state index in [1.54, 1.807) is 41.5 Å². The molecule has 0 saturated carbocycles. The van der Waals surface area contributed by atoms with Crippen molar-refractivity contribution in [1.29, 1.82) is 0 Å². The summed E-state index contributed by atoms with van der Waals surface area (Å²) >= 11 is 0. The van der Waals surface area contributed by atoms with Crippen LogP contribution in [-0.4, -0.2) is 26.7 Å². The second-order valence-electron chi connectivity index (χ2n) is 4.73. The van der Waals surface area contributed by atoms with Crippen molar-refractivity contribution in [3.05, 3.63) is 36.8 Å². The fourth-order valence-corrected chi connectivity index (χ4v) is 1.80. The smallest absolute Gasteiger partial charge is 0.241 e. The first-order chi connectivity index (χ1) is 9.63. The molecule has 2 aromatic rings. The molecule has 3 N–H and O–H groups in total. The lowest BCUT2D eigenvalue weighted by molar-refractivity contribution is -0.118. The Morgan fingerprint density at radius 1 is 1.45 bits per heavy atom. The molecule has 0 aliphatic heterocycles. The monoisotopic (exact) mass is 273 g/mol. The molecule has 0 fully saturated rings. The third-order valence-electron chi connectivity index (χ3n) is 3.33. The number of hydrogen-bond acceptors (Lipinski definition) is 4. The number of hydrogen-bond donors (Lipinski definition) is 2. The lowest BCUT2D eigenvalue weighted by atomic mass is 9.99. The van der Waals surface area contributed by atoms with Crippen LogP contribution in [0.4, 0.5) is 5.69 Å². The Morgan fingerprint density at radius 2 is 2.25 bits per heavy atom. The maximum absolute atomic E-state index is 12.1. The minimum absolute atomic E-state index is 0.125. The molecule has 6 heteroatoms. The molecule has 0 aliphatic carbocycles. The highest BCUT2D eigenvalue weighted by Crippen LogP contribution is 2.17. The molecule has 20 heavy (non-hydrogen) atoms. The van der Waals surface area contributed by atoms with E-state index in [9.17, 15) is 4.79 Å². The van der Waals surface area contributed by atoms with Crippen LogP contribution in [-0.2, 0) is 4.79 Å². The Morgan fingerprint density at radius 3 is 2.90 bits per heavy atom. The first kappa shape index (κ1) is 14.2. The van der Waals surface area contributed by atoms with Crippen LogP contribution in [0.1, 0.15) is 20.3 Å². The van der Waals surface area contributed by atoms with Gasteiger partial charge in [-0.25, -0.2) is 9.67 Å². The van der Waals surface area contributed by atoms with Gasteiger partial charge in [0.15, 0.2) is 5.82 Å². The fourth-order valence-electron chi connectivity index (χ4n) is 1.80. The number of carbonyl (C=O) groups is 1. The third-order valence-corrected chi connectivity index (χ3v) is 3.33. The molecular weight excluding hydrogens is 254 g/mol. The minimum atomic E-state index is -0.536. The Labute approximate surface area is 118 Å². The van der Waals surface area contributed by atoms with Crippen LogP contribution in [0, 0.1) is 5.92 Å². The first-order valence-electron chi connectivity index (χ1n) is 6.65. The van der Waals surface area contributed by atoms with Crippen molar-refractivity contribution in [2.24, 2.45) is 11.7 Å². The molecule has 0 aromatic carbocycles. The van der Waals surface area contributed by atoms with Gasteiger partial charge < -0.3 is 11.1 Å². The zero-order valence-electron chi connectivity index (χ0n) is 11.7. The van der Waals surface area contributed by atoms with Gasteiger partial charge in [-0.3, -0.25) is 4.79 Å². The number of nitrogens with two attached hydrogens (primary N) is 1. The van der Waals surface area contributed by atoms with Crippen LogP contribution in [0.3, 0.4) is 0 Å². The van der Waals surface area contributed by atoms with Gasteiger partial charge in [-0.1, -0.05) is 20.3 Å². The van der Waals surface area contributed by atoms with Gasteiger partial charge in [-0.2, -0.15) is 5.10 Å². The van der Waals surface area contributed by atoms with E-state index in [1.165, 1.54) is 0 Å². The molecule has 1 amide bonds. The number of amides is 1. The zero-order chi connectivity index (χ0) is 14.5. The van der Waals surface area contributed by atoms with Crippen molar-refractivity contribution in [3.8, 4) is 5.82 Å². The number of aromatic nitrogens is 3. The molecule has 2 unspecified atom stereocenters. The SMILES string of the molecule is CCC(C)C(N)C(=O)Nc1cccnc1-n1cccn1. The average molecular weight is 273 g/mol. The lowest BCUT2D eigenvalue weighted by Crippen LogP contribution is -2.40. The fraction of sp³-hybridized carbons (Fsp3) is 0.357. The molecule has 0 radical (unpaired) electrons. The number of carbonyl (C=O) groups excluding carboxylic acids is 1. The molecular formula is C14H19N5O. The van der Waals surface area contributed by atoms with Crippen molar-refractivity contribution in [3.63, 3.8) is 0 Å². The predicted octanol–water partition coefficient (Wildman–Crippen LogP) is 1.58. The number of pyridine rings is 1. The summed E-state index contributed by atoms with van der Waals surface area (Å²) in [5, 5.41) is 6.95. The second kappa shape index (κ2) is 6.29. The standard InChI is InChI=1S/C14H19N5O/c1-3-10(2)12(15)14(20)18-11-6-4-7-16-13(11)19-9-5-8-17-19/h4-10,12H,3,15H2,1-2H3,(H,18,20). The van der Waals surface area contributed by atoms with Crippen LogP contribution in [0.5, 0.6) is 0 Å². The number of nitrogens with one attached hydrogen (secondary N) is 1. The van der Waals surface area contributed by atoms with E-state index in [-0.39, 0.29) is 11.8 Å². The summed E-state index contributed by atoms with van der Waals surface area (Å²) in [6.45, 7) is 3.97. The van der Waals surface area contributed by atoms with Gasteiger partial charge >= 0.3 is 0 Å². The van der Waals surface area contributed by atoms with E-state index in [1.807, 2.05) is 13.8 Å². The molecule has 0 saturated heterocycles. The zero-order valence-corrected chi connectivity index (χ0v) is 11.7. The molecule has 0 spiro atoms. The summed E-state index contributed by atoms with van der Waals surface area (Å²) in [6.07, 6.45) is 5.94. The Kier molecular flexibility index (Phi) is 4.47. The topological polar surface area (TPSA) is 85.8 Å². The van der Waals surface area contributed by atoms with E-state index < -0.39 is 6.04 Å². The number of nitrogens with zero attached hydrogens (tertiary/aromatic N) is 3. The van der Waals surface area contributed by atoms with Gasteiger partial charge in [0.1, 0.15) is 0 Å². The molecule has 0 bridgehead atoms. The molecule has 106 valence electrons. The van der Waals surface area contributed by atoms with Crippen LogP contribution >= 0.6 is 0 Å². The van der Waals surface area contributed by atoms with E-state index in [0.717, 1.165) is 6.42 Å². The van der Waals surface area contributed by atoms with Gasteiger partial charge in [-0.15, -0.1) is 0 Å². The van der Waals surface area contributed by atoms with Gasteiger partial charge in [0.2, 0.25) is 5.91 Å². The average Bonchev–Trinajstić information content (AvgIpc) is 3.00. The predicted molar refractivity (Wildman–Crippen MR) is 77.4 cm³/mol. The molecule has 2 heterocycles. The van der Waals surface area contributed by atoms with Gasteiger partial charge in [-0.05, 0) is 24.1 Å². The van der Waals surface area contributed by atoms with Crippen LogP contribution in [0.15, 0.2) is 36.8 Å². The molecule has 0 aliphatic rings. The quantitative estimate of drug-likeness (QED) is 0.866. The largest absolute Gasteiger partial charge is 0.322 e. The summed E-state index contributed by atoms with van der Waals surface area (Å²) in [5.41, 5.74) is 6.53. The van der Waals surface area contributed by atoms with Gasteiger partial charge in [0.05, 0.1) is 11.7 Å². The Balaban J connectivity index is 2.20. The summed E-state index contributed by atoms with van der Waals surface area (Å²) in [7, 11) is 0. The third kappa shape index (κ3) is 3.03. The van der Waals surface area contributed by atoms with Crippen LogP contribution in [0.2, 0.25) is 0 Å². The van der Waals surface area contributed by atoms with E-state index in [2.05, 4.69) is 15.4 Å². The highest BCUT2D eigenvalue weighted by molar-refractivity contribution is 5.96. The van der Waals surface area contributed by atoms with Crippen molar-refractivity contribution in [2.45, 2.75) is 26.3 Å². The lowest BCUT2D eigenvalue weighted by Gasteiger charge is -2.18. The summed E-state index contributed by atoms with van der Waals surface area (Å²) in [5.74, 6) is 0.489. The van der Waals surface area contributed by atoms with Crippen molar-refractivity contribution < 1.29 is 4.79 Å². The van der Waals surface area contributed by atoms with Gasteiger partial charge in [0, 0.05) is 18.6 Å². The second-order valence-corrected chi connectivity index (χ2v) is 4.73. The molecule has 2 aromatic heterocycles. The van der Waals surface area contributed by atoms with Crippen LogP contribution in [0.25, 0.3) is 5.82 Å². The van der Waals surface area contributed by atoms with E-state index in [0.29, 0.717) is 11.5 Å². The maximum atomic E-state index is 12.1. The van der Waals surface area contributed by atoms with Crippen molar-refractivity contribution in [2.75, 3.05) is 5.32 Å². The normalized spacial score (nSPS) is 13.8. The first-order valence-corrected chi connectivity index (χ1v) is 6.65. The summed E-state index contributed by atoms with van der Waals surface area (Å²) in [6, 6.07) is 4.80. The Bertz CT molecular complexity index is 567. The number of anilines is 1. The van der Waals surface area contributed by atoms with Crippen LogP contribution < -0.4 is 11.1 Å². The Hall–Kier alpha value is -2.21. The highest BCUT2D eigenvalue weighted by atomic mass is 16.2. The van der Waals surface area contributed by atoms with Crippen molar-refractivity contribution >= 4 is 11.6 Å². The van der Waals surface area contributed by atoms with Gasteiger partial charge in [0.25, 0.3) is 0 Å².